The summed E-state index contributed by atoms with van der Waals surface area (Å²) in [6.07, 6.45) is -0.905. The second-order valence-electron chi connectivity index (χ2n) is 4.81. The van der Waals surface area contributed by atoms with E-state index in [1.165, 1.54) is 13.0 Å². The molecule has 0 atom stereocenters. The molecule has 0 spiro atoms. The van der Waals surface area contributed by atoms with Gasteiger partial charge in [-0.2, -0.15) is 0 Å². The van der Waals surface area contributed by atoms with E-state index in [4.69, 9.17) is 4.74 Å². The third kappa shape index (κ3) is 3.66. The molecule has 18 heavy (non-hydrogen) atoms. The number of halogens is 3. The number of ether oxygens (including phenoxy) is 1. The van der Waals surface area contributed by atoms with E-state index in [9.17, 15) is 13.6 Å². The van der Waals surface area contributed by atoms with Crippen molar-refractivity contribution in [3.63, 3.8) is 0 Å². The maximum absolute atomic E-state index is 13.7. The monoisotopic (exact) mass is 321 g/mol. The molecule has 6 heteroatoms. The highest BCUT2D eigenvalue weighted by molar-refractivity contribution is 9.10. The molecular weight excluding hydrogens is 308 g/mol. The zero-order valence-corrected chi connectivity index (χ0v) is 12.1. The first-order valence-electron chi connectivity index (χ1n) is 5.26. The largest absolute Gasteiger partial charge is 0.444 e. The Labute approximate surface area is 113 Å². The highest BCUT2D eigenvalue weighted by Gasteiger charge is 2.21. The van der Waals surface area contributed by atoms with Gasteiger partial charge in [-0.05, 0) is 55.3 Å². The van der Waals surface area contributed by atoms with E-state index in [1.807, 2.05) is 0 Å². The van der Waals surface area contributed by atoms with Gasteiger partial charge in [-0.25, -0.2) is 13.6 Å². The van der Waals surface area contributed by atoms with Gasteiger partial charge in [0.05, 0.1) is 4.47 Å². The molecule has 0 fully saturated rings. The van der Waals surface area contributed by atoms with Crippen LogP contribution in [0.1, 0.15) is 26.3 Å². The Morgan fingerprint density at radius 2 is 1.89 bits per heavy atom. The summed E-state index contributed by atoms with van der Waals surface area (Å²) in [5.74, 6) is -1.69. The number of amides is 1. The highest BCUT2D eigenvalue weighted by atomic mass is 79.9. The minimum absolute atomic E-state index is 0.0764. The normalized spacial score (nSPS) is 11.3. The summed E-state index contributed by atoms with van der Waals surface area (Å²) in [5, 5.41) is 2.08. The van der Waals surface area contributed by atoms with Gasteiger partial charge in [0.25, 0.3) is 0 Å². The van der Waals surface area contributed by atoms with Gasteiger partial charge in [-0.3, -0.25) is 5.32 Å². The van der Waals surface area contributed by atoms with Crippen LogP contribution >= 0.6 is 15.9 Å². The van der Waals surface area contributed by atoms with E-state index >= 15 is 0 Å². The van der Waals surface area contributed by atoms with Crippen molar-refractivity contribution in [1.29, 1.82) is 0 Å². The van der Waals surface area contributed by atoms with Gasteiger partial charge in [-0.15, -0.1) is 0 Å². The zero-order valence-electron chi connectivity index (χ0n) is 10.5. The molecule has 0 unspecified atom stereocenters. The van der Waals surface area contributed by atoms with Crippen molar-refractivity contribution in [1.82, 2.24) is 0 Å². The summed E-state index contributed by atoms with van der Waals surface area (Å²) in [4.78, 5) is 11.5. The van der Waals surface area contributed by atoms with Crippen molar-refractivity contribution in [2.24, 2.45) is 0 Å². The van der Waals surface area contributed by atoms with Crippen molar-refractivity contribution < 1.29 is 18.3 Å². The van der Waals surface area contributed by atoms with Gasteiger partial charge >= 0.3 is 6.09 Å². The first-order valence-corrected chi connectivity index (χ1v) is 6.05. The minimum Gasteiger partial charge on any atom is -0.444 e. The molecule has 0 saturated carbocycles. The Balaban J connectivity index is 3.01. The van der Waals surface area contributed by atoms with Gasteiger partial charge in [0.2, 0.25) is 0 Å². The molecule has 1 aromatic carbocycles. The van der Waals surface area contributed by atoms with Crippen molar-refractivity contribution in [3.05, 3.63) is 27.7 Å². The fourth-order valence-electron chi connectivity index (χ4n) is 1.25. The van der Waals surface area contributed by atoms with E-state index in [-0.39, 0.29) is 10.0 Å². The van der Waals surface area contributed by atoms with E-state index < -0.39 is 29.0 Å². The second-order valence-corrected chi connectivity index (χ2v) is 5.66. The number of hydrogen-bond acceptors (Lipinski definition) is 2. The molecule has 0 bridgehead atoms. The molecule has 0 radical (unpaired) electrons. The van der Waals surface area contributed by atoms with E-state index in [0.29, 0.717) is 0 Å². The Bertz CT molecular complexity index is 458. The predicted molar refractivity (Wildman–Crippen MR) is 68.7 cm³/mol. The van der Waals surface area contributed by atoms with Crippen LogP contribution in [0.4, 0.5) is 19.3 Å². The fourth-order valence-corrected chi connectivity index (χ4v) is 1.79. The first-order chi connectivity index (χ1) is 8.11. The van der Waals surface area contributed by atoms with E-state index in [2.05, 4.69) is 21.2 Å². The smallest absolute Gasteiger partial charge is 0.412 e. The van der Waals surface area contributed by atoms with Crippen LogP contribution in [0.3, 0.4) is 0 Å². The number of rotatable bonds is 1. The first kappa shape index (κ1) is 14.9. The number of aryl methyl sites for hydroxylation is 1. The highest BCUT2D eigenvalue weighted by Crippen LogP contribution is 2.29. The number of carbonyl (C=O) groups is 1. The molecule has 0 saturated heterocycles. The topological polar surface area (TPSA) is 38.3 Å². The number of carbonyl (C=O) groups excluding carboxylic acids is 1. The van der Waals surface area contributed by atoms with Gasteiger partial charge in [-0.1, -0.05) is 0 Å². The third-order valence-corrected chi connectivity index (χ3v) is 2.54. The Morgan fingerprint density at radius 1 is 1.33 bits per heavy atom. The van der Waals surface area contributed by atoms with Gasteiger partial charge in [0.15, 0.2) is 11.6 Å². The molecule has 0 aliphatic carbocycles. The molecule has 1 aromatic rings. The number of nitrogens with one attached hydrogen (secondary N) is 1. The van der Waals surface area contributed by atoms with Crippen molar-refractivity contribution >= 4 is 27.7 Å². The summed E-state index contributed by atoms with van der Waals surface area (Å²) >= 11 is 2.95. The molecule has 1 N–H and O–H groups in total. The SMILES string of the molecule is Cc1cc(Br)c(F)c(NC(=O)OC(C)(C)C)c1F. The van der Waals surface area contributed by atoms with Crippen LogP contribution in [0.15, 0.2) is 10.5 Å². The van der Waals surface area contributed by atoms with Crippen LogP contribution in [0.25, 0.3) is 0 Å². The Morgan fingerprint density at radius 3 is 2.39 bits per heavy atom. The van der Waals surface area contributed by atoms with Crippen LogP contribution in [0.2, 0.25) is 0 Å². The molecule has 1 amide bonds. The average Bonchev–Trinajstić information content (AvgIpc) is 2.19. The average molecular weight is 322 g/mol. The quantitative estimate of drug-likeness (QED) is 0.779. The molecule has 100 valence electrons. The third-order valence-electron chi connectivity index (χ3n) is 1.96. The van der Waals surface area contributed by atoms with Gasteiger partial charge in [0.1, 0.15) is 11.3 Å². The minimum atomic E-state index is -0.905. The number of hydrogen-bond donors (Lipinski definition) is 1. The molecule has 0 heterocycles. The van der Waals surface area contributed by atoms with Crippen LogP contribution in [0, 0.1) is 18.6 Å². The fraction of sp³-hybridized carbons (Fsp3) is 0.417. The van der Waals surface area contributed by atoms with Crippen LogP contribution in [-0.2, 0) is 4.74 Å². The molecule has 0 aliphatic heterocycles. The summed E-state index contributed by atoms with van der Waals surface area (Å²) < 4.78 is 32.4. The number of benzene rings is 1. The molecule has 3 nitrogen and oxygen atoms in total. The second kappa shape index (κ2) is 5.22. The Hall–Kier alpha value is -1.17. The maximum atomic E-state index is 13.7. The Kier molecular flexibility index (Phi) is 4.32. The lowest BCUT2D eigenvalue weighted by Gasteiger charge is -2.20. The van der Waals surface area contributed by atoms with E-state index in [0.717, 1.165) is 0 Å². The summed E-state index contributed by atoms with van der Waals surface area (Å²) in [6.45, 7) is 6.45. The van der Waals surface area contributed by atoms with Gasteiger partial charge in [0, 0.05) is 0 Å². The maximum Gasteiger partial charge on any atom is 0.412 e. The lowest BCUT2D eigenvalue weighted by Crippen LogP contribution is -2.28. The predicted octanol–water partition coefficient (Wildman–Crippen LogP) is 4.38. The number of anilines is 1. The van der Waals surface area contributed by atoms with Crippen LogP contribution in [-0.4, -0.2) is 11.7 Å². The summed E-state index contributed by atoms with van der Waals surface area (Å²) in [6, 6.07) is 1.30. The van der Waals surface area contributed by atoms with Crippen molar-refractivity contribution in [3.8, 4) is 0 Å². The van der Waals surface area contributed by atoms with Crippen LogP contribution < -0.4 is 5.32 Å². The molecular formula is C12H14BrF2NO2. The molecule has 1 rings (SSSR count). The van der Waals surface area contributed by atoms with Gasteiger partial charge < -0.3 is 4.74 Å². The van der Waals surface area contributed by atoms with Crippen molar-refractivity contribution in [2.45, 2.75) is 33.3 Å². The van der Waals surface area contributed by atoms with E-state index in [1.54, 1.807) is 20.8 Å². The molecule has 0 aliphatic rings. The molecule has 0 aromatic heterocycles. The zero-order chi connectivity index (χ0) is 14.1. The lowest BCUT2D eigenvalue weighted by atomic mass is 10.2. The summed E-state index contributed by atoms with van der Waals surface area (Å²) in [5.41, 5.74) is -1.04. The van der Waals surface area contributed by atoms with Crippen LogP contribution in [0.5, 0.6) is 0 Å². The standard InChI is InChI=1S/C12H14BrF2NO2/c1-6-5-7(13)9(15)10(8(6)14)16-11(17)18-12(2,3)4/h5H,1-4H3,(H,16,17). The summed E-state index contributed by atoms with van der Waals surface area (Å²) in [7, 11) is 0. The van der Waals surface area contributed by atoms with Crippen molar-refractivity contribution in [2.75, 3.05) is 5.32 Å². The lowest BCUT2D eigenvalue weighted by molar-refractivity contribution is 0.0634.